The van der Waals surface area contributed by atoms with Crippen LogP contribution in [0.1, 0.15) is 16.7 Å². The molecule has 33 heavy (non-hydrogen) atoms. The summed E-state index contributed by atoms with van der Waals surface area (Å²) in [4.78, 5) is 16.7. The van der Waals surface area contributed by atoms with Gasteiger partial charge in [-0.15, -0.1) is 0 Å². The van der Waals surface area contributed by atoms with Crippen molar-refractivity contribution in [2.24, 2.45) is 4.99 Å². The molecule has 1 heterocycles. The zero-order chi connectivity index (χ0) is 23.5. The average molecular weight is 615 g/mol. The first kappa shape index (κ1) is 23.9. The summed E-state index contributed by atoms with van der Waals surface area (Å²) in [5.41, 5.74) is 2.35. The summed E-state index contributed by atoms with van der Waals surface area (Å²) in [5, 5.41) is 1.39. The molecule has 3 aromatic rings. The van der Waals surface area contributed by atoms with Gasteiger partial charge in [0, 0.05) is 10.6 Å². The van der Waals surface area contributed by atoms with Gasteiger partial charge in [-0.25, -0.2) is 9.79 Å². The number of aliphatic imine (C=N–C) groups is 1. The second kappa shape index (κ2) is 10.3. The number of nitrogens with zero attached hydrogens (tertiary/aromatic N) is 1. The van der Waals surface area contributed by atoms with Gasteiger partial charge in [-0.05, 0) is 82.3 Å². The number of esters is 1. The zero-order valence-corrected chi connectivity index (χ0v) is 21.5. The van der Waals surface area contributed by atoms with Crippen LogP contribution in [0.4, 0.5) is 0 Å². The monoisotopic (exact) mass is 613 g/mol. The number of ether oxygens (including phenoxy) is 3. The van der Waals surface area contributed by atoms with E-state index in [0.29, 0.717) is 44.3 Å². The summed E-state index contributed by atoms with van der Waals surface area (Å²) < 4.78 is 17.6. The van der Waals surface area contributed by atoms with E-state index >= 15 is 0 Å². The molecule has 9 heteroatoms. The smallest absolute Gasteiger partial charge is 0.363 e. The average Bonchev–Trinajstić information content (AvgIpc) is 3.14. The molecular formula is C24H15Cl3INO4. The van der Waals surface area contributed by atoms with E-state index in [1.807, 2.05) is 24.3 Å². The lowest BCUT2D eigenvalue weighted by molar-refractivity contribution is -0.129. The maximum absolute atomic E-state index is 12.4. The number of rotatable bonds is 6. The number of benzene rings is 3. The molecule has 0 saturated carbocycles. The van der Waals surface area contributed by atoms with Crippen molar-refractivity contribution in [3.63, 3.8) is 0 Å². The van der Waals surface area contributed by atoms with E-state index in [9.17, 15) is 4.79 Å². The van der Waals surface area contributed by atoms with E-state index in [0.717, 1.165) is 9.13 Å². The highest BCUT2D eigenvalue weighted by Gasteiger charge is 2.25. The summed E-state index contributed by atoms with van der Waals surface area (Å²) in [6.07, 6.45) is 1.62. The van der Waals surface area contributed by atoms with Gasteiger partial charge in [-0.1, -0.05) is 46.9 Å². The molecule has 3 aromatic carbocycles. The van der Waals surface area contributed by atoms with Crippen molar-refractivity contribution in [1.82, 2.24) is 0 Å². The molecule has 0 amide bonds. The molecule has 0 atom stereocenters. The molecule has 0 aliphatic carbocycles. The highest BCUT2D eigenvalue weighted by molar-refractivity contribution is 14.1. The molecule has 0 aromatic heterocycles. The lowest BCUT2D eigenvalue weighted by Crippen LogP contribution is -2.05. The minimum atomic E-state index is -0.564. The Hall–Kier alpha value is -2.26. The summed E-state index contributed by atoms with van der Waals surface area (Å²) in [6, 6.07) is 16.0. The second-order valence-corrected chi connectivity index (χ2v) is 9.33. The van der Waals surface area contributed by atoms with Crippen molar-refractivity contribution >= 4 is 75.3 Å². The quantitative estimate of drug-likeness (QED) is 0.168. The Bertz CT molecular complexity index is 1310. The highest BCUT2D eigenvalue weighted by Crippen LogP contribution is 2.36. The molecule has 0 saturated heterocycles. The van der Waals surface area contributed by atoms with Crippen LogP contribution in [0.25, 0.3) is 6.08 Å². The predicted octanol–water partition coefficient (Wildman–Crippen LogP) is 7.18. The lowest BCUT2D eigenvalue weighted by Gasteiger charge is -2.14. The van der Waals surface area contributed by atoms with Crippen molar-refractivity contribution < 1.29 is 19.0 Å². The number of halogens is 4. The Morgan fingerprint density at radius 3 is 2.61 bits per heavy atom. The van der Waals surface area contributed by atoms with Gasteiger partial charge in [0.05, 0.1) is 20.7 Å². The molecule has 5 nitrogen and oxygen atoms in total. The first-order chi connectivity index (χ1) is 15.8. The molecule has 1 aliphatic rings. The van der Waals surface area contributed by atoms with Gasteiger partial charge >= 0.3 is 5.97 Å². The van der Waals surface area contributed by atoms with E-state index in [4.69, 9.17) is 49.0 Å². The Kier molecular flexibility index (Phi) is 7.48. The molecule has 4 rings (SSSR count). The Morgan fingerprint density at radius 1 is 1.06 bits per heavy atom. The largest absolute Gasteiger partial charge is 0.493 e. The van der Waals surface area contributed by atoms with Gasteiger partial charge in [-0.3, -0.25) is 0 Å². The van der Waals surface area contributed by atoms with Crippen LogP contribution in [-0.2, 0) is 16.1 Å². The number of methoxy groups -OCH3 is 1. The number of hydrogen-bond donors (Lipinski definition) is 0. The van der Waals surface area contributed by atoms with E-state index in [1.165, 1.54) is 0 Å². The van der Waals surface area contributed by atoms with Crippen LogP contribution in [0.15, 0.2) is 65.3 Å². The summed E-state index contributed by atoms with van der Waals surface area (Å²) in [5.74, 6) is 0.712. The summed E-state index contributed by atoms with van der Waals surface area (Å²) in [6.45, 7) is 0.330. The van der Waals surface area contributed by atoms with Crippen LogP contribution in [0.5, 0.6) is 11.5 Å². The summed E-state index contributed by atoms with van der Waals surface area (Å²) >= 11 is 20.2. The number of carbonyl (C=O) groups excluding carboxylic acids is 1. The molecule has 0 N–H and O–H groups in total. The van der Waals surface area contributed by atoms with E-state index < -0.39 is 5.97 Å². The van der Waals surface area contributed by atoms with Gasteiger partial charge < -0.3 is 14.2 Å². The second-order valence-electron chi connectivity index (χ2n) is 6.92. The van der Waals surface area contributed by atoms with Crippen molar-refractivity contribution in [2.45, 2.75) is 6.61 Å². The van der Waals surface area contributed by atoms with Crippen LogP contribution < -0.4 is 9.47 Å². The Labute approximate surface area is 219 Å². The van der Waals surface area contributed by atoms with Crippen LogP contribution in [0.2, 0.25) is 15.1 Å². The molecular weight excluding hydrogens is 600 g/mol. The van der Waals surface area contributed by atoms with Crippen LogP contribution >= 0.6 is 57.4 Å². The van der Waals surface area contributed by atoms with E-state index in [2.05, 4.69) is 27.6 Å². The molecule has 0 radical (unpaired) electrons. The van der Waals surface area contributed by atoms with Gasteiger partial charge in [0.15, 0.2) is 17.2 Å². The fraction of sp³-hybridized carbons (Fsp3) is 0.0833. The minimum Gasteiger partial charge on any atom is -0.493 e. The van der Waals surface area contributed by atoms with Gasteiger partial charge in [0.2, 0.25) is 5.90 Å². The molecule has 1 aliphatic heterocycles. The van der Waals surface area contributed by atoms with E-state index in [-0.39, 0.29) is 11.6 Å². The first-order valence-corrected chi connectivity index (χ1v) is 11.8. The number of hydrogen-bond acceptors (Lipinski definition) is 5. The molecule has 0 fully saturated rings. The van der Waals surface area contributed by atoms with Crippen LogP contribution in [-0.4, -0.2) is 19.0 Å². The van der Waals surface area contributed by atoms with Gasteiger partial charge in [0.25, 0.3) is 0 Å². The fourth-order valence-electron chi connectivity index (χ4n) is 3.07. The number of carbonyl (C=O) groups is 1. The zero-order valence-electron chi connectivity index (χ0n) is 17.1. The highest BCUT2D eigenvalue weighted by atomic mass is 127. The van der Waals surface area contributed by atoms with Gasteiger partial charge in [-0.2, -0.15) is 0 Å². The minimum absolute atomic E-state index is 0.154. The molecule has 0 bridgehead atoms. The Morgan fingerprint density at radius 2 is 1.88 bits per heavy atom. The third-order valence-corrected chi connectivity index (χ3v) is 6.39. The van der Waals surface area contributed by atoms with Crippen molar-refractivity contribution in [1.29, 1.82) is 0 Å². The first-order valence-electron chi connectivity index (χ1n) is 9.57. The lowest BCUT2D eigenvalue weighted by atomic mass is 10.1. The van der Waals surface area contributed by atoms with Crippen LogP contribution in [0.3, 0.4) is 0 Å². The predicted molar refractivity (Wildman–Crippen MR) is 139 cm³/mol. The topological polar surface area (TPSA) is 57.1 Å². The van der Waals surface area contributed by atoms with Crippen molar-refractivity contribution in [2.75, 3.05) is 7.11 Å². The maximum atomic E-state index is 12.4. The standard InChI is InChI=1S/C24H15Cl3INO4/c1-31-21-10-14(8-19(28)22(21)32-12-13-3-2-4-16(25)7-13)9-20-24(30)33-23(29-20)15-5-6-17(26)18(27)11-15/h2-11H,12H2,1H3/b20-9-. The van der Waals surface area contributed by atoms with Crippen molar-refractivity contribution in [3.05, 3.63) is 95.6 Å². The fourth-order valence-corrected chi connectivity index (χ4v) is 4.36. The van der Waals surface area contributed by atoms with E-state index in [1.54, 1.807) is 43.5 Å². The van der Waals surface area contributed by atoms with Crippen molar-refractivity contribution in [3.8, 4) is 11.5 Å². The third-order valence-electron chi connectivity index (χ3n) is 4.61. The summed E-state index contributed by atoms with van der Waals surface area (Å²) in [7, 11) is 1.55. The molecule has 168 valence electrons. The Balaban J connectivity index is 1.59. The maximum Gasteiger partial charge on any atom is 0.363 e. The normalized spacial score (nSPS) is 14.3. The SMILES string of the molecule is COc1cc(/C=C2\N=C(c3ccc(Cl)c(Cl)c3)OC2=O)cc(I)c1OCc1cccc(Cl)c1. The van der Waals surface area contributed by atoms with Crippen LogP contribution in [0, 0.1) is 3.57 Å². The molecule has 0 spiro atoms. The van der Waals surface area contributed by atoms with Gasteiger partial charge in [0.1, 0.15) is 6.61 Å². The third kappa shape index (κ3) is 5.63. The molecule has 0 unspecified atom stereocenters. The number of cyclic esters (lactones) is 1.